The van der Waals surface area contributed by atoms with Crippen LogP contribution >= 0.6 is 23.5 Å². The molecule has 0 unspecified atom stereocenters. The summed E-state index contributed by atoms with van der Waals surface area (Å²) in [5, 5.41) is 2.59. The Morgan fingerprint density at radius 3 is 2.33 bits per heavy atom. The van der Waals surface area contributed by atoms with Gasteiger partial charge in [-0.05, 0) is 53.5 Å². The number of nitrogens with zero attached hydrogens (tertiary/aromatic N) is 1. The van der Waals surface area contributed by atoms with Crippen molar-refractivity contribution in [1.82, 2.24) is 4.57 Å². The van der Waals surface area contributed by atoms with Crippen LogP contribution in [-0.4, -0.2) is 44.8 Å². The minimum Gasteiger partial charge on any atom is -0.347 e. The predicted molar refractivity (Wildman–Crippen MR) is 132 cm³/mol. The number of nitrogens with one attached hydrogen (secondary N) is 1. The Labute approximate surface area is 202 Å². The first-order chi connectivity index (χ1) is 15.8. The Balaban J connectivity index is 2.00. The van der Waals surface area contributed by atoms with Crippen LogP contribution in [0.15, 0.2) is 69.5 Å². The summed E-state index contributed by atoms with van der Waals surface area (Å²) in [6.45, 7) is 0.546. The molecule has 1 heterocycles. The second kappa shape index (κ2) is 11.1. The number of aromatic nitrogens is 1. The van der Waals surface area contributed by atoms with Crippen LogP contribution in [0.25, 0.3) is 0 Å². The number of amides is 1. The maximum Gasteiger partial charge on any atom is 0.296 e. The molecule has 0 aliphatic rings. The smallest absolute Gasteiger partial charge is 0.296 e. The zero-order valence-electron chi connectivity index (χ0n) is 18.4. The molecule has 1 aromatic heterocycles. The Morgan fingerprint density at radius 1 is 1.06 bits per heavy atom. The molecule has 0 bridgehead atoms. The van der Waals surface area contributed by atoms with E-state index in [1.807, 2.05) is 23.3 Å². The summed E-state index contributed by atoms with van der Waals surface area (Å²) < 4.78 is 31.3. The molecule has 0 fully saturated rings. The molecular weight excluding hydrogens is 480 g/mol. The van der Waals surface area contributed by atoms with Crippen molar-refractivity contribution < 1.29 is 22.2 Å². The van der Waals surface area contributed by atoms with E-state index >= 15 is 0 Å². The zero-order chi connectivity index (χ0) is 24.0. The summed E-state index contributed by atoms with van der Waals surface area (Å²) in [4.78, 5) is 25.1. The molecule has 0 saturated carbocycles. The van der Waals surface area contributed by atoms with Gasteiger partial charge in [0, 0.05) is 35.2 Å². The number of carbonyl (C=O) groups is 2. The van der Waals surface area contributed by atoms with E-state index in [-0.39, 0.29) is 17.6 Å². The lowest BCUT2D eigenvalue weighted by Crippen LogP contribution is -2.13. The number of carbonyl (C=O) groups excluding carboxylic acids is 2. The van der Waals surface area contributed by atoms with Gasteiger partial charge in [0.1, 0.15) is 0 Å². The van der Waals surface area contributed by atoms with Crippen LogP contribution in [0.4, 0.5) is 5.69 Å². The fourth-order valence-electron chi connectivity index (χ4n) is 3.42. The molecule has 0 aliphatic carbocycles. The predicted octanol–water partition coefficient (Wildman–Crippen LogP) is 4.04. The molecular formula is C23H24N2O5S3. The molecule has 0 spiro atoms. The summed E-state index contributed by atoms with van der Waals surface area (Å²) in [6.07, 6.45) is 8.07. The number of rotatable bonds is 10. The second-order valence-corrected chi connectivity index (χ2v) is 10.5. The number of hydrogen-bond acceptors (Lipinski definition) is 7. The summed E-state index contributed by atoms with van der Waals surface area (Å²) in [7, 11) is -2.79. The standard InChI is InChI=1S/C23H24N2O5S3/c1-30-33(28,29)22-7-5-4-6-17(22)10-18-13-25(14-21(18)24-23(27)15-26)12-16-8-19(31-2)11-20(9-16)32-3/h4-9,11,13-15H,10,12H2,1-3H3,(H,24,27). The van der Waals surface area contributed by atoms with Crippen molar-refractivity contribution in [3.8, 4) is 0 Å². The van der Waals surface area contributed by atoms with Crippen molar-refractivity contribution in [3.63, 3.8) is 0 Å². The van der Waals surface area contributed by atoms with E-state index in [1.54, 1.807) is 47.9 Å². The zero-order valence-corrected chi connectivity index (χ0v) is 20.9. The van der Waals surface area contributed by atoms with Gasteiger partial charge in [0.25, 0.3) is 16.0 Å². The molecule has 7 nitrogen and oxygen atoms in total. The van der Waals surface area contributed by atoms with Gasteiger partial charge in [-0.15, -0.1) is 23.5 Å². The van der Waals surface area contributed by atoms with Crippen LogP contribution in [0, 0.1) is 0 Å². The molecule has 1 amide bonds. The first-order valence-electron chi connectivity index (χ1n) is 9.85. The molecule has 1 N–H and O–H groups in total. The van der Waals surface area contributed by atoms with Gasteiger partial charge < -0.3 is 9.88 Å². The van der Waals surface area contributed by atoms with Crippen molar-refractivity contribution >= 4 is 51.5 Å². The highest BCUT2D eigenvalue weighted by Gasteiger charge is 2.19. The summed E-state index contributed by atoms with van der Waals surface area (Å²) >= 11 is 3.33. The number of benzene rings is 2. The largest absolute Gasteiger partial charge is 0.347 e. The van der Waals surface area contributed by atoms with Crippen LogP contribution in [0.1, 0.15) is 16.7 Å². The average Bonchev–Trinajstić information content (AvgIpc) is 3.18. The molecule has 10 heteroatoms. The van der Waals surface area contributed by atoms with Gasteiger partial charge in [0.05, 0.1) is 17.7 Å². The van der Waals surface area contributed by atoms with Crippen molar-refractivity contribution in [2.75, 3.05) is 24.9 Å². The first kappa shape index (κ1) is 25.1. The highest BCUT2D eigenvalue weighted by molar-refractivity contribution is 7.99. The lowest BCUT2D eigenvalue weighted by atomic mass is 10.1. The molecule has 0 atom stereocenters. The third kappa shape index (κ3) is 6.29. The van der Waals surface area contributed by atoms with Gasteiger partial charge in [-0.25, -0.2) is 0 Å². The SMILES string of the molecule is COS(=O)(=O)c1ccccc1Cc1cn(Cc2cc(SC)cc(SC)c2)cc1NC(=O)C=O. The average molecular weight is 505 g/mol. The lowest BCUT2D eigenvalue weighted by molar-refractivity contribution is -0.127. The van der Waals surface area contributed by atoms with Crippen LogP contribution in [-0.2, 0) is 36.9 Å². The maximum atomic E-state index is 12.3. The molecule has 0 radical (unpaired) electrons. The summed E-state index contributed by atoms with van der Waals surface area (Å²) in [6, 6.07) is 12.9. The Hall–Kier alpha value is -2.53. The van der Waals surface area contributed by atoms with E-state index in [0.717, 1.165) is 22.5 Å². The molecule has 0 aliphatic heterocycles. The van der Waals surface area contributed by atoms with Crippen molar-refractivity contribution in [2.24, 2.45) is 0 Å². The fraction of sp³-hybridized carbons (Fsp3) is 0.217. The Kier molecular flexibility index (Phi) is 8.41. The van der Waals surface area contributed by atoms with E-state index in [1.165, 1.54) is 6.07 Å². The molecule has 3 rings (SSSR count). The molecule has 174 valence electrons. The monoisotopic (exact) mass is 504 g/mol. The Bertz CT molecular complexity index is 1250. The minimum atomic E-state index is -3.90. The van der Waals surface area contributed by atoms with E-state index in [2.05, 4.69) is 27.7 Å². The van der Waals surface area contributed by atoms with Crippen LogP contribution < -0.4 is 5.32 Å². The van der Waals surface area contributed by atoms with Crippen LogP contribution in [0.2, 0.25) is 0 Å². The number of anilines is 1. The lowest BCUT2D eigenvalue weighted by Gasteiger charge is -2.09. The quantitative estimate of drug-likeness (QED) is 0.193. The van der Waals surface area contributed by atoms with Gasteiger partial charge >= 0.3 is 0 Å². The molecule has 33 heavy (non-hydrogen) atoms. The minimum absolute atomic E-state index is 0.0604. The van der Waals surface area contributed by atoms with Gasteiger partial charge in [-0.3, -0.25) is 13.8 Å². The van der Waals surface area contributed by atoms with Gasteiger partial charge in [-0.2, -0.15) is 8.42 Å². The van der Waals surface area contributed by atoms with Crippen LogP contribution in [0.5, 0.6) is 0 Å². The van der Waals surface area contributed by atoms with Gasteiger partial charge in [0.2, 0.25) is 6.29 Å². The highest BCUT2D eigenvalue weighted by Crippen LogP contribution is 2.28. The molecule has 3 aromatic rings. The van der Waals surface area contributed by atoms with E-state index in [0.29, 0.717) is 23.4 Å². The third-order valence-electron chi connectivity index (χ3n) is 4.95. The fourth-order valence-corrected chi connectivity index (χ4v) is 5.41. The number of aldehydes is 1. The van der Waals surface area contributed by atoms with Crippen molar-refractivity contribution in [2.45, 2.75) is 27.7 Å². The molecule has 0 saturated heterocycles. The van der Waals surface area contributed by atoms with E-state index < -0.39 is 16.0 Å². The first-order valence-corrected chi connectivity index (χ1v) is 13.7. The molecule has 2 aromatic carbocycles. The van der Waals surface area contributed by atoms with E-state index in [9.17, 15) is 18.0 Å². The van der Waals surface area contributed by atoms with E-state index in [4.69, 9.17) is 0 Å². The highest BCUT2D eigenvalue weighted by atomic mass is 32.2. The third-order valence-corrected chi connectivity index (χ3v) is 7.74. The van der Waals surface area contributed by atoms with Crippen molar-refractivity contribution in [1.29, 1.82) is 0 Å². The summed E-state index contributed by atoms with van der Waals surface area (Å²) in [5.74, 6) is -0.777. The van der Waals surface area contributed by atoms with Gasteiger partial charge in [-0.1, -0.05) is 18.2 Å². The topological polar surface area (TPSA) is 94.5 Å². The number of thioether (sulfide) groups is 2. The normalized spacial score (nSPS) is 11.4. The summed E-state index contributed by atoms with van der Waals surface area (Å²) in [5.41, 5.74) is 2.73. The number of hydrogen-bond donors (Lipinski definition) is 1. The second-order valence-electron chi connectivity index (χ2n) is 7.10. The van der Waals surface area contributed by atoms with Crippen molar-refractivity contribution in [3.05, 3.63) is 71.5 Å². The Morgan fingerprint density at radius 2 is 1.73 bits per heavy atom. The maximum absolute atomic E-state index is 12.3. The van der Waals surface area contributed by atoms with Gasteiger partial charge in [0.15, 0.2) is 0 Å². The van der Waals surface area contributed by atoms with Crippen LogP contribution in [0.3, 0.4) is 0 Å².